The molecule has 31 heavy (non-hydrogen) atoms. The molecule has 1 unspecified atom stereocenters. The van der Waals surface area contributed by atoms with Gasteiger partial charge in [-0.15, -0.1) is 0 Å². The van der Waals surface area contributed by atoms with Crippen molar-refractivity contribution in [1.29, 1.82) is 0 Å². The zero-order chi connectivity index (χ0) is 21.8. The van der Waals surface area contributed by atoms with Gasteiger partial charge in [-0.1, -0.05) is 35.3 Å². The molecular weight excluding hydrogens is 453 g/mol. The standard InChI is InChI=1S/C23H23Cl2N3O2S/c1-27-19(15-2-4-16(24)5-3-15)10-28(21(27)31)23-12-22(13-23,14-23)26-20(29)11-30-18-8-6-17(25)7-9-18/h2-9,19H,10-14H2,1H3,(H,26,29). The molecule has 4 aliphatic rings. The van der Waals surface area contributed by atoms with Gasteiger partial charge in [0.25, 0.3) is 5.91 Å². The Labute approximate surface area is 197 Å². The highest BCUT2D eigenvalue weighted by atomic mass is 35.5. The van der Waals surface area contributed by atoms with Crippen LogP contribution in [0.4, 0.5) is 0 Å². The summed E-state index contributed by atoms with van der Waals surface area (Å²) in [4.78, 5) is 16.9. The van der Waals surface area contributed by atoms with Gasteiger partial charge in [-0.3, -0.25) is 4.79 Å². The lowest BCUT2D eigenvalue weighted by molar-refractivity contribution is -0.163. The molecule has 1 aliphatic heterocycles. The van der Waals surface area contributed by atoms with Crippen molar-refractivity contribution < 1.29 is 9.53 Å². The molecule has 1 saturated heterocycles. The van der Waals surface area contributed by atoms with Crippen LogP contribution in [0.5, 0.6) is 5.75 Å². The number of thiocarbonyl (C=S) groups is 1. The van der Waals surface area contributed by atoms with Gasteiger partial charge < -0.3 is 19.9 Å². The summed E-state index contributed by atoms with van der Waals surface area (Å²) in [6.45, 7) is 0.862. The second-order valence-corrected chi connectivity index (χ2v) is 10.1. The molecule has 2 aromatic rings. The second-order valence-electron chi connectivity index (χ2n) is 8.90. The van der Waals surface area contributed by atoms with Gasteiger partial charge in [-0.05, 0) is 73.4 Å². The number of carbonyl (C=O) groups excluding carboxylic acids is 1. The number of carbonyl (C=O) groups is 1. The van der Waals surface area contributed by atoms with E-state index in [4.69, 9.17) is 40.2 Å². The van der Waals surface area contributed by atoms with Crippen LogP contribution in [0.25, 0.3) is 0 Å². The topological polar surface area (TPSA) is 44.8 Å². The molecule has 3 aliphatic carbocycles. The van der Waals surface area contributed by atoms with E-state index in [9.17, 15) is 4.79 Å². The molecule has 0 aromatic heterocycles. The molecule has 2 bridgehead atoms. The smallest absolute Gasteiger partial charge is 0.258 e. The van der Waals surface area contributed by atoms with Gasteiger partial charge in [0, 0.05) is 34.7 Å². The number of halogens is 2. The van der Waals surface area contributed by atoms with Crippen LogP contribution in [0, 0.1) is 0 Å². The van der Waals surface area contributed by atoms with Gasteiger partial charge in [-0.25, -0.2) is 0 Å². The lowest BCUT2D eigenvalue weighted by atomic mass is 9.43. The Hall–Kier alpha value is -2.02. The molecular formula is C23H23Cl2N3O2S. The second kappa shape index (κ2) is 7.54. The average Bonchev–Trinajstić information content (AvgIpc) is 2.99. The quantitative estimate of drug-likeness (QED) is 0.625. The highest BCUT2D eigenvalue weighted by Crippen LogP contribution is 2.64. The van der Waals surface area contributed by atoms with Crippen molar-refractivity contribution in [3.63, 3.8) is 0 Å². The molecule has 2 aromatic carbocycles. The van der Waals surface area contributed by atoms with E-state index in [2.05, 4.69) is 34.3 Å². The molecule has 0 spiro atoms. The van der Waals surface area contributed by atoms with E-state index in [1.165, 1.54) is 5.56 Å². The van der Waals surface area contributed by atoms with E-state index in [1.807, 2.05) is 12.1 Å². The van der Waals surface area contributed by atoms with Crippen LogP contribution in [0.3, 0.4) is 0 Å². The SMILES string of the molecule is CN1C(=S)N(C23CC(NC(=O)COc4ccc(Cl)cc4)(C2)C3)CC1c1ccc(Cl)cc1. The van der Waals surface area contributed by atoms with Crippen molar-refractivity contribution in [1.82, 2.24) is 15.1 Å². The first-order chi connectivity index (χ1) is 14.8. The number of benzene rings is 2. The van der Waals surface area contributed by atoms with Crippen LogP contribution in [0.15, 0.2) is 48.5 Å². The summed E-state index contributed by atoms with van der Waals surface area (Å²) in [5, 5.41) is 5.43. The molecule has 3 saturated carbocycles. The Morgan fingerprint density at radius 2 is 1.68 bits per heavy atom. The van der Waals surface area contributed by atoms with E-state index >= 15 is 0 Å². The van der Waals surface area contributed by atoms with Crippen LogP contribution < -0.4 is 10.1 Å². The number of nitrogens with zero attached hydrogens (tertiary/aromatic N) is 2. The van der Waals surface area contributed by atoms with Gasteiger partial charge in [0.2, 0.25) is 0 Å². The van der Waals surface area contributed by atoms with Crippen LogP contribution in [-0.2, 0) is 4.79 Å². The summed E-state index contributed by atoms with van der Waals surface area (Å²) in [5.41, 5.74) is 1.16. The summed E-state index contributed by atoms with van der Waals surface area (Å²) in [5.74, 6) is 0.538. The molecule has 6 rings (SSSR count). The van der Waals surface area contributed by atoms with E-state index < -0.39 is 0 Å². The highest BCUT2D eigenvalue weighted by Gasteiger charge is 2.72. The molecule has 1 N–H and O–H groups in total. The van der Waals surface area contributed by atoms with Crippen molar-refractivity contribution >= 4 is 46.4 Å². The van der Waals surface area contributed by atoms with Gasteiger partial charge in [-0.2, -0.15) is 0 Å². The van der Waals surface area contributed by atoms with Crippen molar-refractivity contribution in [2.75, 3.05) is 20.2 Å². The molecule has 1 heterocycles. The third-order valence-corrected chi connectivity index (χ3v) is 7.79. The molecule has 162 valence electrons. The zero-order valence-corrected chi connectivity index (χ0v) is 19.4. The number of likely N-dealkylation sites (N-methyl/N-ethyl adjacent to an activating group) is 1. The minimum atomic E-state index is -0.118. The Bertz CT molecular complexity index is 1010. The number of rotatable bonds is 6. The van der Waals surface area contributed by atoms with Crippen LogP contribution in [-0.4, -0.2) is 52.1 Å². The third kappa shape index (κ3) is 3.65. The highest BCUT2D eigenvalue weighted by molar-refractivity contribution is 7.80. The maximum absolute atomic E-state index is 12.4. The predicted molar refractivity (Wildman–Crippen MR) is 126 cm³/mol. The number of ether oxygens (including phenoxy) is 1. The fraction of sp³-hybridized carbons (Fsp3) is 0.391. The Morgan fingerprint density at radius 1 is 1.10 bits per heavy atom. The lowest BCUT2D eigenvalue weighted by Crippen LogP contribution is -2.84. The number of nitrogens with one attached hydrogen (secondary N) is 1. The molecule has 1 atom stereocenters. The summed E-state index contributed by atoms with van der Waals surface area (Å²) in [6, 6.07) is 15.2. The summed E-state index contributed by atoms with van der Waals surface area (Å²) in [7, 11) is 2.05. The van der Waals surface area contributed by atoms with Crippen molar-refractivity contribution in [2.45, 2.75) is 36.4 Å². The zero-order valence-electron chi connectivity index (χ0n) is 17.1. The van der Waals surface area contributed by atoms with Gasteiger partial charge >= 0.3 is 0 Å². The summed E-state index contributed by atoms with van der Waals surface area (Å²) >= 11 is 17.7. The van der Waals surface area contributed by atoms with E-state index in [0.717, 1.165) is 35.9 Å². The van der Waals surface area contributed by atoms with Gasteiger partial charge in [0.15, 0.2) is 11.7 Å². The minimum Gasteiger partial charge on any atom is -0.484 e. The van der Waals surface area contributed by atoms with Crippen LogP contribution >= 0.6 is 35.4 Å². The minimum absolute atomic E-state index is 0.000112. The fourth-order valence-corrected chi connectivity index (χ4v) is 5.92. The molecule has 8 heteroatoms. The number of hydrogen-bond acceptors (Lipinski definition) is 3. The fourth-order valence-electron chi connectivity index (χ4n) is 5.27. The van der Waals surface area contributed by atoms with Gasteiger partial charge in [0.1, 0.15) is 5.75 Å². The van der Waals surface area contributed by atoms with Crippen LogP contribution in [0.2, 0.25) is 10.0 Å². The van der Waals surface area contributed by atoms with Crippen molar-refractivity contribution in [3.05, 3.63) is 64.1 Å². The third-order valence-electron chi connectivity index (χ3n) is 6.77. The Morgan fingerprint density at radius 3 is 2.29 bits per heavy atom. The maximum Gasteiger partial charge on any atom is 0.258 e. The first kappa shape index (κ1) is 20.9. The molecule has 4 fully saturated rings. The molecule has 0 radical (unpaired) electrons. The summed E-state index contributed by atoms with van der Waals surface area (Å²) < 4.78 is 5.56. The monoisotopic (exact) mass is 475 g/mol. The van der Waals surface area contributed by atoms with E-state index in [-0.39, 0.29) is 29.6 Å². The van der Waals surface area contributed by atoms with Gasteiger partial charge in [0.05, 0.1) is 6.04 Å². The first-order valence-corrected chi connectivity index (χ1v) is 11.5. The Balaban J connectivity index is 1.16. The average molecular weight is 476 g/mol. The van der Waals surface area contributed by atoms with Crippen LogP contribution in [0.1, 0.15) is 30.9 Å². The lowest BCUT2D eigenvalue weighted by Gasteiger charge is -2.73. The Kier molecular flexibility index (Phi) is 5.07. The first-order valence-electron chi connectivity index (χ1n) is 10.3. The van der Waals surface area contributed by atoms with E-state index in [0.29, 0.717) is 10.8 Å². The van der Waals surface area contributed by atoms with Crippen molar-refractivity contribution in [3.8, 4) is 5.75 Å². The predicted octanol–water partition coefficient (Wildman–Crippen LogP) is 4.44. The largest absolute Gasteiger partial charge is 0.484 e. The normalized spacial score (nSPS) is 28.7. The molecule has 5 nitrogen and oxygen atoms in total. The summed E-state index contributed by atoms with van der Waals surface area (Å²) in [6.07, 6.45) is 2.77. The van der Waals surface area contributed by atoms with Crippen molar-refractivity contribution in [2.24, 2.45) is 0 Å². The van der Waals surface area contributed by atoms with E-state index in [1.54, 1.807) is 24.3 Å². The maximum atomic E-state index is 12.4. The molecule has 1 amide bonds. The number of hydrogen-bond donors (Lipinski definition) is 1. The number of amides is 1.